The Bertz CT molecular complexity index is 547. The van der Waals surface area contributed by atoms with E-state index in [1.54, 1.807) is 4.90 Å². The van der Waals surface area contributed by atoms with Gasteiger partial charge in [0.1, 0.15) is 0 Å². The van der Waals surface area contributed by atoms with Crippen LogP contribution in [0.15, 0.2) is 28.9 Å². The predicted molar refractivity (Wildman–Crippen MR) is 80.3 cm³/mol. The maximum absolute atomic E-state index is 12.8. The minimum Gasteiger partial charge on any atom is -0.478 e. The molecule has 0 radical (unpaired) electrons. The number of carbonyl (C=O) groups excluding carboxylic acids is 1. The Balaban J connectivity index is 2.64. The fourth-order valence-electron chi connectivity index (χ4n) is 2.23. The summed E-state index contributed by atoms with van der Waals surface area (Å²) in [5.41, 5.74) is -2.46. The Morgan fingerprint density at radius 3 is 2.42 bits per heavy atom. The average molecular weight is 348 g/mol. The van der Waals surface area contributed by atoms with E-state index in [9.17, 15) is 22.8 Å². The van der Waals surface area contributed by atoms with E-state index < -0.39 is 23.3 Å². The normalized spacial score (nSPS) is 17.2. The molecule has 0 saturated carbocycles. The lowest BCUT2D eigenvalue weighted by atomic mass is 9.94. The van der Waals surface area contributed by atoms with Crippen LogP contribution in [-0.2, 0) is 14.3 Å². The number of alkyl halides is 3. The molecule has 0 aromatic heterocycles. The summed E-state index contributed by atoms with van der Waals surface area (Å²) in [5, 5.41) is 8.64. The van der Waals surface area contributed by atoms with Gasteiger partial charge in [-0.05, 0) is 18.8 Å². The van der Waals surface area contributed by atoms with Crippen LogP contribution in [-0.4, -0.2) is 54.7 Å². The van der Waals surface area contributed by atoms with Crippen molar-refractivity contribution in [2.75, 3.05) is 20.2 Å². The van der Waals surface area contributed by atoms with Gasteiger partial charge in [-0.2, -0.15) is 13.2 Å². The molecule has 0 amide bonds. The molecule has 0 spiro atoms. The Morgan fingerprint density at radius 2 is 1.96 bits per heavy atom. The molecule has 24 heavy (non-hydrogen) atoms. The third-order valence-corrected chi connectivity index (χ3v) is 3.65. The number of esters is 1. The van der Waals surface area contributed by atoms with Crippen LogP contribution in [0.1, 0.15) is 19.3 Å². The predicted octanol–water partition coefficient (Wildman–Crippen LogP) is 2.38. The first-order valence-electron chi connectivity index (χ1n) is 7.19. The van der Waals surface area contributed by atoms with Gasteiger partial charge >= 0.3 is 18.1 Å². The van der Waals surface area contributed by atoms with Crippen molar-refractivity contribution in [3.05, 3.63) is 23.9 Å². The molecule has 1 heterocycles. The van der Waals surface area contributed by atoms with Gasteiger partial charge in [0.05, 0.1) is 24.6 Å². The third kappa shape index (κ3) is 6.05. The van der Waals surface area contributed by atoms with E-state index in [4.69, 9.17) is 5.11 Å². The average Bonchev–Trinajstić information content (AvgIpc) is 2.51. The van der Waals surface area contributed by atoms with Crippen molar-refractivity contribution in [3.63, 3.8) is 0 Å². The van der Waals surface area contributed by atoms with E-state index in [2.05, 4.69) is 16.3 Å². The van der Waals surface area contributed by atoms with Gasteiger partial charge in [0.25, 0.3) is 0 Å². The van der Waals surface area contributed by atoms with Crippen molar-refractivity contribution in [1.29, 1.82) is 0 Å². The van der Waals surface area contributed by atoms with Crippen LogP contribution in [0, 0.1) is 5.92 Å². The molecule has 1 fully saturated rings. The zero-order valence-electron chi connectivity index (χ0n) is 13.2. The van der Waals surface area contributed by atoms with Crippen molar-refractivity contribution >= 4 is 18.3 Å². The zero-order valence-corrected chi connectivity index (χ0v) is 13.2. The van der Waals surface area contributed by atoms with Gasteiger partial charge in [-0.25, -0.2) is 9.79 Å². The van der Waals surface area contributed by atoms with E-state index >= 15 is 0 Å². The topological polar surface area (TPSA) is 79.2 Å². The first-order chi connectivity index (χ1) is 11.1. The highest BCUT2D eigenvalue weighted by molar-refractivity contribution is 5.91. The highest BCUT2D eigenvalue weighted by Gasteiger charge is 2.37. The van der Waals surface area contributed by atoms with Gasteiger partial charge in [-0.3, -0.25) is 4.79 Å². The van der Waals surface area contributed by atoms with Gasteiger partial charge in [0.15, 0.2) is 0 Å². The van der Waals surface area contributed by atoms with E-state index in [1.807, 2.05) is 0 Å². The molecular weight excluding hydrogens is 329 g/mol. The summed E-state index contributed by atoms with van der Waals surface area (Å²) < 4.78 is 42.9. The lowest BCUT2D eigenvalue weighted by Gasteiger charge is -2.29. The van der Waals surface area contributed by atoms with Crippen LogP contribution in [0.3, 0.4) is 0 Å². The monoisotopic (exact) mass is 348 g/mol. The molecule has 0 atom stereocenters. The Kier molecular flexibility index (Phi) is 6.99. The molecule has 1 N–H and O–H groups in total. The third-order valence-electron chi connectivity index (χ3n) is 3.65. The second kappa shape index (κ2) is 8.51. The second-order valence-corrected chi connectivity index (χ2v) is 5.35. The number of rotatable bonds is 6. The molecule has 1 aliphatic rings. The summed E-state index contributed by atoms with van der Waals surface area (Å²) in [7, 11) is 1.32. The van der Waals surface area contributed by atoms with Gasteiger partial charge in [0.2, 0.25) is 0 Å². The van der Waals surface area contributed by atoms with E-state index in [1.165, 1.54) is 13.4 Å². The van der Waals surface area contributed by atoms with Gasteiger partial charge in [-0.1, -0.05) is 6.58 Å². The quantitative estimate of drug-likeness (QED) is 0.262. The Labute approximate surface area is 137 Å². The zero-order chi connectivity index (χ0) is 18.3. The molecule has 134 valence electrons. The van der Waals surface area contributed by atoms with Crippen LogP contribution < -0.4 is 0 Å². The number of likely N-dealkylation sites (tertiary alicyclic amines) is 1. The summed E-state index contributed by atoms with van der Waals surface area (Å²) in [6.07, 6.45) is -1.46. The first kappa shape index (κ1) is 19.7. The number of hydrogen-bond acceptors (Lipinski definition) is 4. The number of hydrogen-bond donors (Lipinski definition) is 1. The Morgan fingerprint density at radius 1 is 1.38 bits per heavy atom. The van der Waals surface area contributed by atoms with Gasteiger partial charge < -0.3 is 14.7 Å². The number of ether oxygens (including phenoxy) is 1. The number of aliphatic carboxylic acids is 1. The van der Waals surface area contributed by atoms with Crippen molar-refractivity contribution in [2.45, 2.75) is 25.4 Å². The lowest BCUT2D eigenvalue weighted by Crippen LogP contribution is -2.33. The summed E-state index contributed by atoms with van der Waals surface area (Å²) in [5.74, 6) is -1.86. The van der Waals surface area contributed by atoms with Crippen LogP contribution in [0.5, 0.6) is 0 Å². The minimum absolute atomic E-state index is 0.176. The van der Waals surface area contributed by atoms with Crippen LogP contribution in [0.25, 0.3) is 0 Å². The molecule has 1 rings (SSSR count). The number of carboxylic acid groups (broad SMARTS) is 1. The summed E-state index contributed by atoms with van der Waals surface area (Å²) >= 11 is 0. The number of carboxylic acids is 1. The lowest BCUT2D eigenvalue weighted by molar-refractivity contribution is -0.142. The molecular formula is C15H19F3N2O4. The molecule has 0 aromatic rings. The van der Waals surface area contributed by atoms with Crippen molar-refractivity contribution in [3.8, 4) is 0 Å². The number of methoxy groups -OCH3 is 1. The molecule has 0 aliphatic carbocycles. The molecule has 6 nitrogen and oxygen atoms in total. The fourth-order valence-corrected chi connectivity index (χ4v) is 2.23. The molecule has 1 saturated heterocycles. The van der Waals surface area contributed by atoms with Gasteiger partial charge in [-0.15, -0.1) is 0 Å². The van der Waals surface area contributed by atoms with Crippen molar-refractivity contribution in [2.24, 2.45) is 10.9 Å². The van der Waals surface area contributed by atoms with E-state index in [0.29, 0.717) is 38.6 Å². The molecule has 0 unspecified atom stereocenters. The highest BCUT2D eigenvalue weighted by atomic mass is 19.4. The SMILES string of the molecule is C=C(C(=O)O)/C(=C\N=CN1CCC(CC(=O)OC)CC1)C(F)(F)F. The van der Waals surface area contributed by atoms with E-state index in [-0.39, 0.29) is 11.9 Å². The maximum Gasteiger partial charge on any atom is 0.418 e. The summed E-state index contributed by atoms with van der Waals surface area (Å²) in [6, 6.07) is 0. The molecule has 9 heteroatoms. The number of carbonyl (C=O) groups is 2. The standard InChI is InChI=1S/C15H19F3N2O4/c1-10(14(22)23)12(15(16,17)18)8-19-9-20-5-3-11(4-6-20)7-13(21)24-2/h8-9,11H,1,3-7H2,2H3,(H,22,23)/b12-8+,19-9?. The minimum atomic E-state index is -4.85. The van der Waals surface area contributed by atoms with Crippen LogP contribution in [0.2, 0.25) is 0 Å². The first-order valence-corrected chi connectivity index (χ1v) is 7.19. The smallest absolute Gasteiger partial charge is 0.418 e. The number of aliphatic imine (C=N–C) groups is 1. The fraction of sp³-hybridized carbons (Fsp3) is 0.533. The molecule has 0 bridgehead atoms. The second-order valence-electron chi connectivity index (χ2n) is 5.35. The molecule has 0 aromatic carbocycles. The van der Waals surface area contributed by atoms with Crippen LogP contribution in [0.4, 0.5) is 13.2 Å². The Hall–Kier alpha value is -2.32. The number of piperidine rings is 1. The summed E-state index contributed by atoms with van der Waals surface area (Å²) in [6.45, 7) is 4.00. The molecule has 1 aliphatic heterocycles. The number of halogens is 3. The summed E-state index contributed by atoms with van der Waals surface area (Å²) in [4.78, 5) is 27.1. The maximum atomic E-state index is 12.8. The highest BCUT2D eigenvalue weighted by Crippen LogP contribution is 2.30. The van der Waals surface area contributed by atoms with Crippen molar-refractivity contribution in [1.82, 2.24) is 4.90 Å². The van der Waals surface area contributed by atoms with Crippen LogP contribution >= 0.6 is 0 Å². The van der Waals surface area contributed by atoms with Gasteiger partial charge in [0, 0.05) is 25.7 Å². The largest absolute Gasteiger partial charge is 0.478 e. The number of nitrogens with zero attached hydrogens (tertiary/aromatic N) is 2. The van der Waals surface area contributed by atoms with E-state index in [0.717, 1.165) is 0 Å². The van der Waals surface area contributed by atoms with Crippen molar-refractivity contribution < 1.29 is 32.6 Å².